The van der Waals surface area contributed by atoms with Crippen molar-refractivity contribution in [2.75, 3.05) is 24.6 Å². The molecule has 0 N–H and O–H groups in total. The predicted molar refractivity (Wildman–Crippen MR) is 77.2 cm³/mol. The lowest BCUT2D eigenvalue weighted by molar-refractivity contribution is -0.385. The maximum atomic E-state index is 12.0. The van der Waals surface area contributed by atoms with Gasteiger partial charge >= 0.3 is 5.97 Å². The Labute approximate surface area is 123 Å². The van der Waals surface area contributed by atoms with Crippen LogP contribution in [0.4, 0.5) is 11.5 Å². The number of ether oxygens (including phenoxy) is 1. The Morgan fingerprint density at radius 2 is 2.33 bits per heavy atom. The largest absolute Gasteiger partial charge is 0.466 e. The highest BCUT2D eigenvalue weighted by Crippen LogP contribution is 2.35. The van der Waals surface area contributed by atoms with Crippen LogP contribution in [0.1, 0.15) is 25.8 Å². The van der Waals surface area contributed by atoms with Crippen LogP contribution >= 0.6 is 0 Å². The third-order valence-corrected chi connectivity index (χ3v) is 3.79. The summed E-state index contributed by atoms with van der Waals surface area (Å²) in [4.78, 5) is 28.5. The van der Waals surface area contributed by atoms with Crippen LogP contribution in [0.5, 0.6) is 0 Å². The standard InChI is InChI=1S/C14H19N3O4/c1-4-21-13(18)14(3)5-6-16(9-14)12-10(2)7-11(8-15-12)17(19)20/h7-8H,4-6,9H2,1-3H3. The monoisotopic (exact) mass is 293 g/mol. The molecule has 0 aliphatic carbocycles. The van der Waals surface area contributed by atoms with Crippen molar-refractivity contribution in [1.29, 1.82) is 0 Å². The van der Waals surface area contributed by atoms with Crippen molar-refractivity contribution in [2.24, 2.45) is 5.41 Å². The number of hydrogen-bond donors (Lipinski definition) is 0. The Kier molecular flexibility index (Phi) is 4.11. The maximum absolute atomic E-state index is 12.0. The first-order valence-corrected chi connectivity index (χ1v) is 6.90. The van der Waals surface area contributed by atoms with Crippen molar-refractivity contribution in [1.82, 2.24) is 4.98 Å². The molecule has 0 bridgehead atoms. The molecule has 21 heavy (non-hydrogen) atoms. The molecule has 1 aromatic rings. The first-order valence-electron chi connectivity index (χ1n) is 6.90. The number of carbonyl (C=O) groups excluding carboxylic acids is 1. The van der Waals surface area contributed by atoms with Crippen LogP contribution in [0.25, 0.3) is 0 Å². The smallest absolute Gasteiger partial charge is 0.313 e. The molecule has 1 fully saturated rings. The maximum Gasteiger partial charge on any atom is 0.313 e. The molecule has 0 amide bonds. The predicted octanol–water partition coefficient (Wildman–Crippen LogP) is 2.08. The molecule has 114 valence electrons. The first-order chi connectivity index (χ1) is 9.87. The summed E-state index contributed by atoms with van der Waals surface area (Å²) in [6, 6.07) is 1.50. The number of pyridine rings is 1. The van der Waals surface area contributed by atoms with E-state index in [0.29, 0.717) is 31.9 Å². The average Bonchev–Trinajstić information content (AvgIpc) is 2.82. The Hall–Kier alpha value is -2.18. The van der Waals surface area contributed by atoms with Gasteiger partial charge < -0.3 is 9.64 Å². The van der Waals surface area contributed by atoms with E-state index in [1.807, 2.05) is 11.8 Å². The first kappa shape index (κ1) is 15.2. The van der Waals surface area contributed by atoms with Gasteiger partial charge in [0.15, 0.2) is 0 Å². The van der Waals surface area contributed by atoms with Crippen LogP contribution in [0.15, 0.2) is 12.3 Å². The van der Waals surface area contributed by atoms with E-state index in [9.17, 15) is 14.9 Å². The lowest BCUT2D eigenvalue weighted by Crippen LogP contribution is -2.34. The molecule has 0 saturated carbocycles. The van der Waals surface area contributed by atoms with Crippen LogP contribution in [-0.2, 0) is 9.53 Å². The molecule has 0 radical (unpaired) electrons. The van der Waals surface area contributed by atoms with Gasteiger partial charge in [0.25, 0.3) is 5.69 Å². The highest BCUT2D eigenvalue weighted by atomic mass is 16.6. The Bertz CT molecular complexity index is 575. The molecule has 1 aromatic heterocycles. The molecule has 1 aliphatic heterocycles. The van der Waals surface area contributed by atoms with Crippen molar-refractivity contribution < 1.29 is 14.5 Å². The summed E-state index contributed by atoms with van der Waals surface area (Å²) in [6.45, 7) is 7.01. The topological polar surface area (TPSA) is 85.6 Å². The number of anilines is 1. The van der Waals surface area contributed by atoms with Crippen molar-refractivity contribution in [3.63, 3.8) is 0 Å². The van der Waals surface area contributed by atoms with E-state index in [4.69, 9.17) is 4.74 Å². The zero-order chi connectivity index (χ0) is 15.6. The number of aryl methyl sites for hydroxylation is 1. The van der Waals surface area contributed by atoms with Crippen LogP contribution in [-0.4, -0.2) is 35.6 Å². The highest BCUT2D eigenvalue weighted by molar-refractivity contribution is 5.78. The Balaban J connectivity index is 2.18. The van der Waals surface area contributed by atoms with Crippen LogP contribution < -0.4 is 4.90 Å². The van der Waals surface area contributed by atoms with Gasteiger partial charge in [-0.2, -0.15) is 0 Å². The molecule has 2 heterocycles. The van der Waals surface area contributed by atoms with Gasteiger partial charge in [0.2, 0.25) is 0 Å². The molecule has 1 aliphatic rings. The minimum atomic E-state index is -0.550. The molecular formula is C14H19N3O4. The molecule has 7 nitrogen and oxygen atoms in total. The number of carbonyl (C=O) groups is 1. The third-order valence-electron chi connectivity index (χ3n) is 3.79. The molecule has 1 atom stereocenters. The van der Waals surface area contributed by atoms with E-state index < -0.39 is 10.3 Å². The quantitative estimate of drug-likeness (QED) is 0.480. The van der Waals surface area contributed by atoms with Crippen molar-refractivity contribution in [2.45, 2.75) is 27.2 Å². The van der Waals surface area contributed by atoms with E-state index in [1.54, 1.807) is 13.8 Å². The molecule has 2 rings (SSSR count). The second kappa shape index (κ2) is 5.67. The van der Waals surface area contributed by atoms with E-state index in [-0.39, 0.29) is 11.7 Å². The van der Waals surface area contributed by atoms with Crippen molar-refractivity contribution >= 4 is 17.5 Å². The average molecular weight is 293 g/mol. The fourth-order valence-electron chi connectivity index (χ4n) is 2.60. The van der Waals surface area contributed by atoms with E-state index in [1.165, 1.54) is 12.3 Å². The van der Waals surface area contributed by atoms with Crippen molar-refractivity contribution in [3.8, 4) is 0 Å². The van der Waals surface area contributed by atoms with E-state index in [2.05, 4.69) is 4.98 Å². The minimum Gasteiger partial charge on any atom is -0.466 e. The van der Waals surface area contributed by atoms with Gasteiger partial charge in [-0.15, -0.1) is 0 Å². The Morgan fingerprint density at radius 3 is 2.90 bits per heavy atom. The number of aromatic nitrogens is 1. The summed E-state index contributed by atoms with van der Waals surface area (Å²) in [5.41, 5.74) is 0.159. The summed E-state index contributed by atoms with van der Waals surface area (Å²) >= 11 is 0. The van der Waals surface area contributed by atoms with E-state index in [0.717, 1.165) is 5.56 Å². The van der Waals surface area contributed by atoms with Gasteiger partial charge in [-0.1, -0.05) is 0 Å². The van der Waals surface area contributed by atoms with Crippen LogP contribution in [0.2, 0.25) is 0 Å². The molecule has 0 spiro atoms. The number of rotatable bonds is 4. The summed E-state index contributed by atoms with van der Waals surface area (Å²) in [5, 5.41) is 10.7. The van der Waals surface area contributed by atoms with Gasteiger partial charge in [-0.05, 0) is 32.8 Å². The number of nitrogens with zero attached hydrogens (tertiary/aromatic N) is 3. The van der Waals surface area contributed by atoms with Gasteiger partial charge in [-0.25, -0.2) is 4.98 Å². The lowest BCUT2D eigenvalue weighted by Gasteiger charge is -2.23. The van der Waals surface area contributed by atoms with Gasteiger partial charge in [0.1, 0.15) is 12.0 Å². The summed E-state index contributed by atoms with van der Waals surface area (Å²) in [7, 11) is 0. The molecule has 7 heteroatoms. The Morgan fingerprint density at radius 1 is 1.62 bits per heavy atom. The summed E-state index contributed by atoms with van der Waals surface area (Å²) < 4.78 is 5.12. The number of hydrogen-bond acceptors (Lipinski definition) is 6. The molecule has 1 unspecified atom stereocenters. The van der Waals surface area contributed by atoms with Gasteiger partial charge in [0.05, 0.1) is 16.9 Å². The van der Waals surface area contributed by atoms with Crippen molar-refractivity contribution in [3.05, 3.63) is 27.9 Å². The van der Waals surface area contributed by atoms with Crippen LogP contribution in [0.3, 0.4) is 0 Å². The fraction of sp³-hybridized carbons (Fsp3) is 0.571. The number of nitro groups is 1. The third kappa shape index (κ3) is 2.96. The second-order valence-corrected chi connectivity index (χ2v) is 5.54. The second-order valence-electron chi connectivity index (χ2n) is 5.54. The molecule has 1 saturated heterocycles. The highest BCUT2D eigenvalue weighted by Gasteiger charge is 2.42. The molecular weight excluding hydrogens is 274 g/mol. The minimum absolute atomic E-state index is 0.0244. The SMILES string of the molecule is CCOC(=O)C1(C)CCN(c2ncc([N+](=O)[O-])cc2C)C1. The zero-order valence-electron chi connectivity index (χ0n) is 12.5. The van der Waals surface area contributed by atoms with Crippen LogP contribution in [0, 0.1) is 22.5 Å². The summed E-state index contributed by atoms with van der Waals surface area (Å²) in [5.74, 6) is 0.487. The van der Waals surface area contributed by atoms with Gasteiger partial charge in [-0.3, -0.25) is 14.9 Å². The fourth-order valence-corrected chi connectivity index (χ4v) is 2.60. The normalized spacial score (nSPS) is 21.4. The lowest BCUT2D eigenvalue weighted by atomic mass is 9.90. The zero-order valence-corrected chi connectivity index (χ0v) is 12.5. The molecule has 0 aromatic carbocycles. The number of esters is 1. The van der Waals surface area contributed by atoms with Gasteiger partial charge in [0, 0.05) is 19.2 Å². The van der Waals surface area contributed by atoms with E-state index >= 15 is 0 Å². The summed E-state index contributed by atoms with van der Waals surface area (Å²) in [6.07, 6.45) is 1.94.